The molecule has 2 rings (SSSR count). The molecule has 0 unspecified atom stereocenters. The molecule has 0 aliphatic heterocycles. The molecular weight excluding hydrogens is 276 g/mol. The van der Waals surface area contributed by atoms with Crippen molar-refractivity contribution in [1.82, 2.24) is 9.97 Å². The molecule has 0 fully saturated rings. The van der Waals surface area contributed by atoms with Crippen LogP contribution >= 0.6 is 11.6 Å². The van der Waals surface area contributed by atoms with Crippen LogP contribution in [0.2, 0.25) is 5.15 Å². The van der Waals surface area contributed by atoms with Gasteiger partial charge in [0.2, 0.25) is 0 Å². The van der Waals surface area contributed by atoms with Crippen molar-refractivity contribution in [1.29, 1.82) is 0 Å². The fourth-order valence-corrected chi connectivity index (χ4v) is 2.32. The molecule has 0 aliphatic carbocycles. The molecule has 5 heteroatoms. The van der Waals surface area contributed by atoms with Crippen molar-refractivity contribution in [3.05, 3.63) is 35.2 Å². The van der Waals surface area contributed by atoms with E-state index in [0.717, 1.165) is 29.7 Å². The summed E-state index contributed by atoms with van der Waals surface area (Å²) in [5.41, 5.74) is 2.74. The van der Waals surface area contributed by atoms with E-state index in [1.54, 1.807) is 14.2 Å². The van der Waals surface area contributed by atoms with Gasteiger partial charge in [-0.15, -0.1) is 0 Å². The van der Waals surface area contributed by atoms with Crippen LogP contribution in [-0.2, 0) is 6.42 Å². The largest absolute Gasteiger partial charge is 0.493 e. The number of hydrogen-bond donors (Lipinski definition) is 0. The van der Waals surface area contributed by atoms with Gasteiger partial charge >= 0.3 is 0 Å². The molecule has 1 aromatic carbocycles. The Labute approximate surface area is 123 Å². The smallest absolute Gasteiger partial charge is 0.161 e. The highest BCUT2D eigenvalue weighted by Crippen LogP contribution is 2.34. The molecule has 1 heterocycles. The number of halogens is 1. The molecule has 0 atom stereocenters. The first-order valence-electron chi connectivity index (χ1n) is 6.43. The summed E-state index contributed by atoms with van der Waals surface area (Å²) in [7, 11) is 3.23. The molecular formula is C15H17ClN2O2. The zero-order valence-corrected chi connectivity index (χ0v) is 12.6. The van der Waals surface area contributed by atoms with Crippen LogP contribution in [-0.4, -0.2) is 24.2 Å². The van der Waals surface area contributed by atoms with Crippen LogP contribution in [0, 0.1) is 0 Å². The number of ether oxygens (including phenoxy) is 2. The van der Waals surface area contributed by atoms with Crippen molar-refractivity contribution >= 4 is 11.6 Å². The minimum absolute atomic E-state index is 0.506. The van der Waals surface area contributed by atoms with Crippen LogP contribution in [0.1, 0.15) is 18.9 Å². The van der Waals surface area contributed by atoms with E-state index < -0.39 is 0 Å². The van der Waals surface area contributed by atoms with Crippen LogP contribution in [0.5, 0.6) is 11.5 Å². The maximum Gasteiger partial charge on any atom is 0.161 e. The van der Waals surface area contributed by atoms with Crippen molar-refractivity contribution in [3.63, 3.8) is 0 Å². The van der Waals surface area contributed by atoms with Crippen molar-refractivity contribution in [2.45, 2.75) is 19.8 Å². The van der Waals surface area contributed by atoms with Gasteiger partial charge in [0.05, 0.1) is 19.9 Å². The highest BCUT2D eigenvalue weighted by atomic mass is 35.5. The Morgan fingerprint density at radius 2 is 1.85 bits per heavy atom. The normalized spacial score (nSPS) is 10.4. The number of nitrogens with zero attached hydrogens (tertiary/aromatic N) is 2. The van der Waals surface area contributed by atoms with E-state index in [0.29, 0.717) is 16.7 Å². The van der Waals surface area contributed by atoms with Crippen LogP contribution in [0.25, 0.3) is 11.3 Å². The second-order valence-electron chi connectivity index (χ2n) is 4.31. The average molecular weight is 293 g/mol. The third kappa shape index (κ3) is 2.85. The van der Waals surface area contributed by atoms with E-state index in [9.17, 15) is 0 Å². The second kappa shape index (κ2) is 6.57. The molecule has 0 saturated heterocycles. The molecule has 0 spiro atoms. The van der Waals surface area contributed by atoms with Gasteiger partial charge in [-0.3, -0.25) is 0 Å². The fraction of sp³-hybridized carbons (Fsp3) is 0.333. The lowest BCUT2D eigenvalue weighted by atomic mass is 10.0. The summed E-state index contributed by atoms with van der Waals surface area (Å²) in [5.74, 6) is 1.36. The minimum Gasteiger partial charge on any atom is -0.493 e. The van der Waals surface area contributed by atoms with E-state index in [1.807, 2.05) is 18.2 Å². The average Bonchev–Trinajstić information content (AvgIpc) is 2.48. The number of methoxy groups -OCH3 is 2. The standard InChI is InChI=1S/C15H17ClN2O2/c1-4-5-11-14(17-9-18-15(11)16)10-6-7-12(19-2)13(8-10)20-3/h6-9H,4-5H2,1-3H3. The summed E-state index contributed by atoms with van der Waals surface area (Å²) in [4.78, 5) is 8.43. The van der Waals surface area contributed by atoms with Crippen LogP contribution in [0.15, 0.2) is 24.5 Å². The molecule has 4 nitrogen and oxygen atoms in total. The summed E-state index contributed by atoms with van der Waals surface area (Å²) in [6.07, 6.45) is 3.30. The molecule has 0 amide bonds. The van der Waals surface area contributed by atoms with Crippen LogP contribution in [0.3, 0.4) is 0 Å². The number of rotatable bonds is 5. The number of benzene rings is 1. The van der Waals surface area contributed by atoms with Gasteiger partial charge in [0, 0.05) is 11.1 Å². The Bertz CT molecular complexity index is 602. The van der Waals surface area contributed by atoms with Crippen molar-refractivity contribution in [2.75, 3.05) is 14.2 Å². The minimum atomic E-state index is 0.506. The van der Waals surface area contributed by atoms with E-state index in [4.69, 9.17) is 21.1 Å². The molecule has 0 radical (unpaired) electrons. The third-order valence-corrected chi connectivity index (χ3v) is 3.38. The number of aromatic nitrogens is 2. The summed E-state index contributed by atoms with van der Waals surface area (Å²) in [5, 5.41) is 0.506. The first-order chi connectivity index (χ1) is 9.71. The zero-order chi connectivity index (χ0) is 14.5. The Morgan fingerprint density at radius 3 is 2.50 bits per heavy atom. The quantitative estimate of drug-likeness (QED) is 0.787. The Hall–Kier alpha value is -1.81. The molecule has 1 aromatic heterocycles. The van der Waals surface area contributed by atoms with Gasteiger partial charge in [-0.1, -0.05) is 24.9 Å². The Kier molecular flexibility index (Phi) is 4.79. The lowest BCUT2D eigenvalue weighted by molar-refractivity contribution is 0.355. The highest BCUT2D eigenvalue weighted by molar-refractivity contribution is 6.30. The first-order valence-corrected chi connectivity index (χ1v) is 6.80. The van der Waals surface area contributed by atoms with E-state index in [-0.39, 0.29) is 0 Å². The SMILES string of the molecule is CCCc1c(Cl)ncnc1-c1ccc(OC)c(OC)c1. The predicted molar refractivity (Wildman–Crippen MR) is 79.6 cm³/mol. The molecule has 0 bridgehead atoms. The summed E-state index contributed by atoms with van der Waals surface area (Å²) in [6, 6.07) is 5.70. The maximum atomic E-state index is 6.18. The molecule has 20 heavy (non-hydrogen) atoms. The van der Waals surface area contributed by atoms with E-state index >= 15 is 0 Å². The van der Waals surface area contributed by atoms with Gasteiger partial charge in [-0.25, -0.2) is 9.97 Å². The predicted octanol–water partition coefficient (Wildman–Crippen LogP) is 3.77. The third-order valence-electron chi connectivity index (χ3n) is 3.05. The molecule has 0 aliphatic rings. The number of hydrogen-bond acceptors (Lipinski definition) is 4. The van der Waals surface area contributed by atoms with Crippen LogP contribution in [0.4, 0.5) is 0 Å². The molecule has 2 aromatic rings. The van der Waals surface area contributed by atoms with Gasteiger partial charge in [-0.05, 0) is 24.6 Å². The Morgan fingerprint density at radius 1 is 1.10 bits per heavy atom. The van der Waals surface area contributed by atoms with Crippen LogP contribution < -0.4 is 9.47 Å². The van der Waals surface area contributed by atoms with E-state index in [2.05, 4.69) is 16.9 Å². The van der Waals surface area contributed by atoms with Crippen molar-refractivity contribution in [2.24, 2.45) is 0 Å². The fourth-order valence-electron chi connectivity index (χ4n) is 2.09. The van der Waals surface area contributed by atoms with Gasteiger partial charge in [0.1, 0.15) is 11.5 Å². The summed E-state index contributed by atoms with van der Waals surface area (Å²) in [6.45, 7) is 2.10. The second-order valence-corrected chi connectivity index (χ2v) is 4.67. The summed E-state index contributed by atoms with van der Waals surface area (Å²) >= 11 is 6.18. The molecule has 106 valence electrons. The molecule has 0 saturated carbocycles. The zero-order valence-electron chi connectivity index (χ0n) is 11.8. The molecule has 0 N–H and O–H groups in total. The van der Waals surface area contributed by atoms with Gasteiger partial charge in [-0.2, -0.15) is 0 Å². The first kappa shape index (κ1) is 14.6. The summed E-state index contributed by atoms with van der Waals surface area (Å²) < 4.78 is 10.6. The lowest BCUT2D eigenvalue weighted by Gasteiger charge is -2.12. The monoisotopic (exact) mass is 292 g/mol. The Balaban J connectivity index is 2.54. The van der Waals surface area contributed by atoms with E-state index in [1.165, 1.54) is 6.33 Å². The van der Waals surface area contributed by atoms with Gasteiger partial charge in [0.15, 0.2) is 11.5 Å². The van der Waals surface area contributed by atoms with Crippen molar-refractivity contribution < 1.29 is 9.47 Å². The lowest BCUT2D eigenvalue weighted by Crippen LogP contribution is -1.98. The highest BCUT2D eigenvalue weighted by Gasteiger charge is 2.13. The maximum absolute atomic E-state index is 6.18. The van der Waals surface area contributed by atoms with Gasteiger partial charge in [0.25, 0.3) is 0 Å². The topological polar surface area (TPSA) is 44.2 Å². The van der Waals surface area contributed by atoms with Gasteiger partial charge < -0.3 is 9.47 Å². The van der Waals surface area contributed by atoms with Crippen molar-refractivity contribution in [3.8, 4) is 22.8 Å².